The van der Waals surface area contributed by atoms with Gasteiger partial charge in [-0.3, -0.25) is 0 Å². The second kappa shape index (κ2) is 5.60. The van der Waals surface area contributed by atoms with Crippen molar-refractivity contribution < 1.29 is 23.1 Å². The van der Waals surface area contributed by atoms with E-state index >= 15 is 0 Å². The first kappa shape index (κ1) is 15.1. The van der Waals surface area contributed by atoms with E-state index in [0.717, 1.165) is 17.7 Å². The van der Waals surface area contributed by atoms with Crippen molar-refractivity contribution in [1.82, 2.24) is 0 Å². The summed E-state index contributed by atoms with van der Waals surface area (Å²) in [6.45, 7) is 1.87. The molecule has 0 unspecified atom stereocenters. The molecule has 2 aromatic carbocycles. The fourth-order valence-electron chi connectivity index (χ4n) is 2.24. The summed E-state index contributed by atoms with van der Waals surface area (Å²) in [6.07, 6.45) is -3.81. The molecular formula is C16H13F3O2. The normalized spacial score (nSPS) is 11.4. The molecule has 21 heavy (non-hydrogen) atoms. The minimum absolute atomic E-state index is 0.0918. The Balaban J connectivity index is 2.58. The van der Waals surface area contributed by atoms with Crippen LogP contribution in [0.4, 0.5) is 13.2 Å². The number of halogens is 3. The van der Waals surface area contributed by atoms with Gasteiger partial charge in [-0.2, -0.15) is 13.2 Å². The summed E-state index contributed by atoms with van der Waals surface area (Å²) >= 11 is 0. The van der Waals surface area contributed by atoms with Gasteiger partial charge >= 0.3 is 12.1 Å². The largest absolute Gasteiger partial charge is 0.478 e. The van der Waals surface area contributed by atoms with Crippen LogP contribution in [-0.4, -0.2) is 11.1 Å². The van der Waals surface area contributed by atoms with Crippen LogP contribution in [0.2, 0.25) is 0 Å². The zero-order valence-corrected chi connectivity index (χ0v) is 11.2. The number of carbonyl (C=O) groups is 1. The molecular weight excluding hydrogens is 281 g/mol. The van der Waals surface area contributed by atoms with E-state index < -0.39 is 17.7 Å². The average molecular weight is 294 g/mol. The molecule has 110 valence electrons. The summed E-state index contributed by atoms with van der Waals surface area (Å²) in [5.41, 5.74) is 1.07. The van der Waals surface area contributed by atoms with Crippen LogP contribution in [0.15, 0.2) is 42.5 Å². The number of carboxylic acids is 1. The van der Waals surface area contributed by atoms with Gasteiger partial charge in [0.05, 0.1) is 11.1 Å². The van der Waals surface area contributed by atoms with Crippen molar-refractivity contribution in [3.8, 4) is 11.1 Å². The molecule has 0 spiro atoms. The highest BCUT2D eigenvalue weighted by atomic mass is 19.4. The van der Waals surface area contributed by atoms with E-state index in [1.54, 1.807) is 12.1 Å². The molecule has 0 saturated heterocycles. The minimum atomic E-state index is -4.40. The van der Waals surface area contributed by atoms with Crippen LogP contribution >= 0.6 is 0 Å². The van der Waals surface area contributed by atoms with E-state index in [9.17, 15) is 23.1 Å². The second-order valence-corrected chi connectivity index (χ2v) is 4.57. The first-order valence-corrected chi connectivity index (χ1v) is 6.37. The number of aryl methyl sites for hydroxylation is 1. The van der Waals surface area contributed by atoms with Gasteiger partial charge in [0.15, 0.2) is 0 Å². The lowest BCUT2D eigenvalue weighted by Gasteiger charge is -2.13. The van der Waals surface area contributed by atoms with E-state index in [2.05, 4.69) is 0 Å². The van der Waals surface area contributed by atoms with Crippen LogP contribution in [0.25, 0.3) is 11.1 Å². The molecule has 0 aliphatic rings. The number of carboxylic acid groups (broad SMARTS) is 1. The molecule has 2 nitrogen and oxygen atoms in total. The highest BCUT2D eigenvalue weighted by Gasteiger charge is 2.30. The van der Waals surface area contributed by atoms with Gasteiger partial charge in [-0.15, -0.1) is 0 Å². The Morgan fingerprint density at radius 1 is 1.10 bits per heavy atom. The van der Waals surface area contributed by atoms with Crippen LogP contribution in [-0.2, 0) is 12.6 Å². The smallest absolute Gasteiger partial charge is 0.416 e. The summed E-state index contributed by atoms with van der Waals surface area (Å²) in [5, 5.41) is 9.25. The predicted octanol–water partition coefficient (Wildman–Crippen LogP) is 4.63. The maximum absolute atomic E-state index is 12.6. The van der Waals surface area contributed by atoms with Crippen molar-refractivity contribution >= 4 is 5.97 Å². The third-order valence-electron chi connectivity index (χ3n) is 3.26. The molecule has 5 heteroatoms. The van der Waals surface area contributed by atoms with E-state index in [4.69, 9.17) is 0 Å². The SMILES string of the molecule is CCc1cccc(C(=O)O)c1-c1ccc(C(F)(F)F)cc1. The van der Waals surface area contributed by atoms with Gasteiger partial charge < -0.3 is 5.11 Å². The molecule has 1 N–H and O–H groups in total. The monoisotopic (exact) mass is 294 g/mol. The molecule has 0 fully saturated rings. The number of hydrogen-bond acceptors (Lipinski definition) is 1. The maximum Gasteiger partial charge on any atom is 0.416 e. The molecule has 0 aromatic heterocycles. The molecule has 0 bridgehead atoms. The van der Waals surface area contributed by atoms with Crippen LogP contribution in [0.5, 0.6) is 0 Å². The summed E-state index contributed by atoms with van der Waals surface area (Å²) in [6, 6.07) is 9.41. The van der Waals surface area contributed by atoms with E-state index in [-0.39, 0.29) is 5.56 Å². The highest BCUT2D eigenvalue weighted by Crippen LogP contribution is 2.33. The number of benzene rings is 2. The van der Waals surface area contributed by atoms with Crippen molar-refractivity contribution in [1.29, 1.82) is 0 Å². The first-order chi connectivity index (χ1) is 9.84. The van der Waals surface area contributed by atoms with E-state index in [0.29, 0.717) is 17.5 Å². The van der Waals surface area contributed by atoms with Crippen molar-refractivity contribution in [2.24, 2.45) is 0 Å². The fraction of sp³-hybridized carbons (Fsp3) is 0.188. The molecule has 2 aromatic rings. The van der Waals surface area contributed by atoms with Crippen LogP contribution in [0.3, 0.4) is 0 Å². The van der Waals surface area contributed by atoms with Crippen molar-refractivity contribution in [3.05, 3.63) is 59.2 Å². The Labute approximate surface area is 119 Å². The van der Waals surface area contributed by atoms with Gasteiger partial charge in [-0.05, 0) is 41.3 Å². The van der Waals surface area contributed by atoms with Crippen molar-refractivity contribution in [2.45, 2.75) is 19.5 Å². The predicted molar refractivity (Wildman–Crippen MR) is 73.2 cm³/mol. The quantitative estimate of drug-likeness (QED) is 0.896. The number of hydrogen-bond donors (Lipinski definition) is 1. The van der Waals surface area contributed by atoms with Gasteiger partial charge in [0.1, 0.15) is 0 Å². The Hall–Kier alpha value is -2.30. The summed E-state index contributed by atoms with van der Waals surface area (Å²) in [4.78, 5) is 11.3. The van der Waals surface area contributed by atoms with Crippen molar-refractivity contribution in [3.63, 3.8) is 0 Å². The van der Waals surface area contributed by atoms with Gasteiger partial charge in [0.2, 0.25) is 0 Å². The maximum atomic E-state index is 12.6. The molecule has 2 rings (SSSR count). The zero-order chi connectivity index (χ0) is 15.6. The Bertz CT molecular complexity index is 658. The Morgan fingerprint density at radius 2 is 1.71 bits per heavy atom. The topological polar surface area (TPSA) is 37.3 Å². The molecule has 0 amide bonds. The highest BCUT2D eigenvalue weighted by molar-refractivity contribution is 5.97. The zero-order valence-electron chi connectivity index (χ0n) is 11.2. The van der Waals surface area contributed by atoms with Crippen LogP contribution in [0.1, 0.15) is 28.4 Å². The molecule has 0 aliphatic carbocycles. The molecule has 0 heterocycles. The van der Waals surface area contributed by atoms with Crippen molar-refractivity contribution in [2.75, 3.05) is 0 Å². The fourth-order valence-corrected chi connectivity index (χ4v) is 2.24. The van der Waals surface area contributed by atoms with Crippen LogP contribution in [0, 0.1) is 0 Å². The van der Waals surface area contributed by atoms with Gasteiger partial charge in [-0.1, -0.05) is 31.2 Å². The number of rotatable bonds is 3. The van der Waals surface area contributed by atoms with Gasteiger partial charge in [0, 0.05) is 0 Å². The first-order valence-electron chi connectivity index (χ1n) is 6.37. The number of aromatic carboxylic acids is 1. The third kappa shape index (κ3) is 3.07. The average Bonchev–Trinajstić information content (AvgIpc) is 2.45. The molecule has 0 atom stereocenters. The summed E-state index contributed by atoms with van der Waals surface area (Å²) < 4.78 is 37.7. The lowest BCUT2D eigenvalue weighted by Crippen LogP contribution is -2.05. The van der Waals surface area contributed by atoms with E-state index in [1.807, 2.05) is 6.92 Å². The lowest BCUT2D eigenvalue weighted by molar-refractivity contribution is -0.137. The standard InChI is InChI=1S/C16H13F3O2/c1-2-10-4-3-5-13(15(20)21)14(10)11-6-8-12(9-7-11)16(17,18)19/h3-9H,2H2,1H3,(H,20,21). The van der Waals surface area contributed by atoms with Gasteiger partial charge in [-0.25, -0.2) is 4.79 Å². The lowest BCUT2D eigenvalue weighted by atomic mass is 9.92. The minimum Gasteiger partial charge on any atom is -0.478 e. The Morgan fingerprint density at radius 3 is 2.19 bits per heavy atom. The van der Waals surface area contributed by atoms with E-state index in [1.165, 1.54) is 18.2 Å². The summed E-state index contributed by atoms with van der Waals surface area (Å²) in [5.74, 6) is -1.10. The second-order valence-electron chi connectivity index (χ2n) is 4.57. The van der Waals surface area contributed by atoms with Crippen LogP contribution < -0.4 is 0 Å². The third-order valence-corrected chi connectivity index (χ3v) is 3.26. The number of alkyl halides is 3. The Kier molecular flexibility index (Phi) is 4.02. The summed E-state index contributed by atoms with van der Waals surface area (Å²) in [7, 11) is 0. The van der Waals surface area contributed by atoms with Gasteiger partial charge in [0.25, 0.3) is 0 Å². The molecule has 0 aliphatic heterocycles. The molecule has 0 saturated carbocycles. The molecule has 0 radical (unpaired) electrons.